The van der Waals surface area contributed by atoms with Gasteiger partial charge < -0.3 is 12.4 Å². The van der Waals surface area contributed by atoms with E-state index in [1.807, 2.05) is 0 Å². The number of aliphatic hydroxyl groups is 1. The summed E-state index contributed by atoms with van der Waals surface area (Å²) in [6.45, 7) is -0.00694. The van der Waals surface area contributed by atoms with E-state index in [4.69, 9.17) is 9.52 Å². The van der Waals surface area contributed by atoms with Crippen molar-refractivity contribution < 1.29 is 12.4 Å². The zero-order valence-electron chi connectivity index (χ0n) is 6.50. The minimum atomic E-state index is -0.00694. The molecule has 8 heavy (non-hydrogen) atoms. The number of furan rings is 1. The van der Waals surface area contributed by atoms with Gasteiger partial charge in [-0.2, -0.15) is 0 Å². The summed E-state index contributed by atoms with van der Waals surface area (Å²) in [5.74, 6) is 0.611. The minimum Gasteiger partial charge on any atom is -1.00 e. The topological polar surface area (TPSA) is 33.4 Å². The first kappa shape index (κ1) is 8.50. The zero-order chi connectivity index (χ0) is 5.11. The van der Waals surface area contributed by atoms with E-state index in [0.29, 0.717) is 5.76 Å². The van der Waals surface area contributed by atoms with Gasteiger partial charge in [-0.15, -0.1) is 0 Å². The Kier molecular flexibility index (Phi) is 4.66. The molecule has 0 aliphatic heterocycles. The molecule has 0 aromatic carbocycles. The van der Waals surface area contributed by atoms with Crippen LogP contribution in [0.25, 0.3) is 0 Å². The van der Waals surface area contributed by atoms with Gasteiger partial charge >= 0.3 is 37.7 Å². The molecule has 1 rings (SSSR count). The molecule has 0 saturated carbocycles. The molecule has 0 aliphatic rings. The Morgan fingerprint density at radius 1 is 1.75 bits per heavy atom. The van der Waals surface area contributed by atoms with Crippen molar-refractivity contribution >= 4 is 37.7 Å². The second-order valence-corrected chi connectivity index (χ2v) is 1.24. The van der Waals surface area contributed by atoms with Gasteiger partial charge in [-0.05, 0) is 12.1 Å². The molecule has 42 valence electrons. The van der Waals surface area contributed by atoms with Gasteiger partial charge in [0.25, 0.3) is 0 Å². The molecule has 0 amide bonds. The summed E-state index contributed by atoms with van der Waals surface area (Å²) >= 11 is 0. The van der Waals surface area contributed by atoms with E-state index in [9.17, 15) is 0 Å². The van der Waals surface area contributed by atoms with Gasteiger partial charge in [0, 0.05) is 0 Å². The Hall–Kier alpha value is 0.500. The summed E-state index contributed by atoms with van der Waals surface area (Å²) in [6, 6.07) is 3.46. The third-order valence-corrected chi connectivity index (χ3v) is 0.736. The fraction of sp³-hybridized carbons (Fsp3) is 0.200. The Bertz CT molecular complexity index is 132. The summed E-state index contributed by atoms with van der Waals surface area (Å²) in [5.41, 5.74) is 0. The van der Waals surface area contributed by atoms with Crippen LogP contribution in [0, 0.1) is 0 Å². The van der Waals surface area contributed by atoms with Crippen LogP contribution < -0.4 is 0 Å². The average Bonchev–Trinajstić information content (AvgIpc) is 2.14. The van der Waals surface area contributed by atoms with E-state index in [1.54, 1.807) is 12.1 Å². The first-order valence-corrected chi connectivity index (χ1v) is 2.06. The molecule has 0 unspecified atom stereocenters. The first-order chi connectivity index (χ1) is 3.43. The average molecular weight is 140 g/mol. The van der Waals surface area contributed by atoms with E-state index in [-0.39, 0.29) is 47.2 Å². The largest absolute Gasteiger partial charge is 2.00 e. The predicted octanol–water partition coefficient (Wildman–Crippen LogP) is 0.616. The minimum absolute atomic E-state index is 0. The van der Waals surface area contributed by atoms with Gasteiger partial charge in [0.15, 0.2) is 0 Å². The number of hydrogen-bond acceptors (Lipinski definition) is 2. The molecule has 0 spiro atoms. The van der Waals surface area contributed by atoms with Crippen LogP contribution in [0.4, 0.5) is 0 Å². The molecule has 0 bridgehead atoms. The molecule has 0 aliphatic carbocycles. The quantitative estimate of drug-likeness (QED) is 0.580. The normalized spacial score (nSPS) is 8.12. The number of aliphatic hydroxyl groups excluding tert-OH is 1. The summed E-state index contributed by atoms with van der Waals surface area (Å²) < 4.78 is 4.73. The summed E-state index contributed by atoms with van der Waals surface area (Å²) in [6.07, 6.45) is 1.53. The van der Waals surface area contributed by atoms with Crippen LogP contribution in [-0.4, -0.2) is 42.8 Å². The van der Waals surface area contributed by atoms with Crippen LogP contribution in [0.5, 0.6) is 0 Å². The standard InChI is InChI=1S/C5H6O2.Ca.2H/c6-4-5-2-1-3-7-5;;;/h1-3,6H,4H2;;;/q;+2;2*-1. The van der Waals surface area contributed by atoms with Gasteiger partial charge in [0.05, 0.1) is 6.26 Å². The van der Waals surface area contributed by atoms with Crippen LogP contribution in [0.1, 0.15) is 8.61 Å². The SMILES string of the molecule is OCc1ccco1.[Ca+2].[H-].[H-]. The first-order valence-electron chi connectivity index (χ1n) is 2.06. The molecular weight excluding hydrogens is 132 g/mol. The molecule has 2 nitrogen and oxygen atoms in total. The molecule has 1 N–H and O–H groups in total. The molecule has 1 heterocycles. The van der Waals surface area contributed by atoms with Crippen molar-refractivity contribution in [2.45, 2.75) is 6.61 Å². The molecule has 0 fully saturated rings. The third kappa shape index (κ3) is 2.18. The van der Waals surface area contributed by atoms with Crippen LogP contribution >= 0.6 is 0 Å². The van der Waals surface area contributed by atoms with Gasteiger partial charge in [-0.25, -0.2) is 0 Å². The second kappa shape index (κ2) is 4.39. The van der Waals surface area contributed by atoms with Crippen LogP contribution in [-0.2, 0) is 6.61 Å². The Balaban J connectivity index is -0.000000163. The molecule has 0 atom stereocenters. The van der Waals surface area contributed by atoms with Crippen molar-refractivity contribution in [2.75, 3.05) is 0 Å². The third-order valence-electron chi connectivity index (χ3n) is 0.736. The van der Waals surface area contributed by atoms with Crippen LogP contribution in [0.15, 0.2) is 22.8 Å². The Morgan fingerprint density at radius 3 is 2.75 bits per heavy atom. The molecule has 3 heteroatoms. The molecule has 1 aromatic heterocycles. The maximum Gasteiger partial charge on any atom is 2.00 e. The summed E-state index contributed by atoms with van der Waals surface area (Å²) in [4.78, 5) is 0. The van der Waals surface area contributed by atoms with Crippen molar-refractivity contribution in [3.63, 3.8) is 0 Å². The Morgan fingerprint density at radius 2 is 2.50 bits per heavy atom. The van der Waals surface area contributed by atoms with E-state index in [1.165, 1.54) is 6.26 Å². The second-order valence-electron chi connectivity index (χ2n) is 1.24. The monoisotopic (exact) mass is 140 g/mol. The van der Waals surface area contributed by atoms with Gasteiger partial charge in [0.2, 0.25) is 0 Å². The van der Waals surface area contributed by atoms with Gasteiger partial charge in [-0.3, -0.25) is 0 Å². The van der Waals surface area contributed by atoms with E-state index < -0.39 is 0 Å². The maximum absolute atomic E-state index is 8.33. The Labute approximate surface area is 80.5 Å². The maximum atomic E-state index is 8.33. The fourth-order valence-corrected chi connectivity index (χ4v) is 0.403. The molecule has 0 radical (unpaired) electrons. The number of hydrogen-bond donors (Lipinski definition) is 1. The smallest absolute Gasteiger partial charge is 1.00 e. The molecule has 0 saturated heterocycles. The van der Waals surface area contributed by atoms with E-state index in [2.05, 4.69) is 0 Å². The molecule has 1 aromatic rings. The zero-order valence-corrected chi connectivity index (χ0v) is 6.71. The predicted molar refractivity (Wildman–Crippen MR) is 32.6 cm³/mol. The summed E-state index contributed by atoms with van der Waals surface area (Å²) in [7, 11) is 0. The summed E-state index contributed by atoms with van der Waals surface area (Å²) in [5, 5.41) is 8.33. The van der Waals surface area contributed by atoms with Crippen molar-refractivity contribution in [1.29, 1.82) is 0 Å². The van der Waals surface area contributed by atoms with Crippen LogP contribution in [0.3, 0.4) is 0 Å². The van der Waals surface area contributed by atoms with Gasteiger partial charge in [-0.1, -0.05) is 0 Å². The van der Waals surface area contributed by atoms with Crippen molar-refractivity contribution in [2.24, 2.45) is 0 Å². The van der Waals surface area contributed by atoms with Crippen molar-refractivity contribution in [3.05, 3.63) is 24.2 Å². The van der Waals surface area contributed by atoms with E-state index in [0.717, 1.165) is 0 Å². The molecular formula is C5H8CaO2. The van der Waals surface area contributed by atoms with Crippen molar-refractivity contribution in [3.8, 4) is 0 Å². The van der Waals surface area contributed by atoms with E-state index >= 15 is 0 Å². The number of rotatable bonds is 1. The van der Waals surface area contributed by atoms with Gasteiger partial charge in [0.1, 0.15) is 12.4 Å². The van der Waals surface area contributed by atoms with Crippen molar-refractivity contribution in [1.82, 2.24) is 0 Å². The van der Waals surface area contributed by atoms with Crippen LogP contribution in [0.2, 0.25) is 0 Å². The fourth-order valence-electron chi connectivity index (χ4n) is 0.403.